The van der Waals surface area contributed by atoms with E-state index in [1.807, 2.05) is 36.4 Å². The second-order valence-electron chi connectivity index (χ2n) is 10.00. The summed E-state index contributed by atoms with van der Waals surface area (Å²) in [7, 11) is 3.36. The highest BCUT2D eigenvalue weighted by molar-refractivity contribution is 5.94. The van der Waals surface area contributed by atoms with E-state index in [1.165, 1.54) is 11.1 Å². The molecule has 0 spiro atoms. The topological polar surface area (TPSA) is 106 Å². The fourth-order valence-electron chi connectivity index (χ4n) is 4.31. The Morgan fingerprint density at radius 1 is 1.03 bits per heavy atom. The summed E-state index contributed by atoms with van der Waals surface area (Å²) in [6.45, 7) is 5.29. The largest absolute Gasteiger partial charge is 0.495 e. The van der Waals surface area contributed by atoms with Crippen molar-refractivity contribution in [1.82, 2.24) is 14.9 Å². The predicted molar refractivity (Wildman–Crippen MR) is 143 cm³/mol. The number of fused-ring (bicyclic) bond motifs is 1. The molecule has 1 aliphatic rings. The number of methoxy groups -OCH3 is 1. The Morgan fingerprint density at radius 2 is 1.73 bits per heavy atom. The molecule has 37 heavy (non-hydrogen) atoms. The monoisotopic (exact) mass is 503 g/mol. The van der Waals surface area contributed by atoms with Crippen LogP contribution in [0, 0.1) is 0 Å². The number of nitrogens with one attached hydrogen (secondary N) is 2. The summed E-state index contributed by atoms with van der Waals surface area (Å²) in [5.74, 6) is 0.631. The molecule has 1 aliphatic carbocycles. The molecular formula is C28H33N5O4. The summed E-state index contributed by atoms with van der Waals surface area (Å²) < 4.78 is 10.8. The highest BCUT2D eigenvalue weighted by Gasteiger charge is 2.27. The van der Waals surface area contributed by atoms with Gasteiger partial charge in [-0.15, -0.1) is 0 Å². The lowest BCUT2D eigenvalue weighted by Crippen LogP contribution is -2.41. The van der Waals surface area contributed by atoms with Crippen molar-refractivity contribution in [1.29, 1.82) is 0 Å². The van der Waals surface area contributed by atoms with Crippen molar-refractivity contribution in [3.63, 3.8) is 0 Å². The van der Waals surface area contributed by atoms with E-state index in [0.29, 0.717) is 17.3 Å². The SMILES string of the molecule is COc1ccccc1Nc1cc(C(=O)N(C)C2CCc3ccccc3C2)nc(NC(=O)OC(C)(C)C)n1. The number of nitrogens with zero attached hydrogens (tertiary/aromatic N) is 3. The maximum Gasteiger partial charge on any atom is 0.414 e. The molecule has 3 aromatic rings. The van der Waals surface area contributed by atoms with Gasteiger partial charge >= 0.3 is 6.09 Å². The lowest BCUT2D eigenvalue weighted by Gasteiger charge is -2.32. The first kappa shape index (κ1) is 25.9. The molecule has 2 amide bonds. The van der Waals surface area contributed by atoms with Crippen molar-refractivity contribution in [3.05, 3.63) is 71.4 Å². The minimum absolute atomic E-state index is 0.0326. The number of hydrogen-bond donors (Lipinski definition) is 2. The van der Waals surface area contributed by atoms with Crippen molar-refractivity contribution in [2.75, 3.05) is 24.8 Å². The Hall–Kier alpha value is -4.14. The van der Waals surface area contributed by atoms with Crippen molar-refractivity contribution >= 4 is 29.5 Å². The van der Waals surface area contributed by atoms with Crippen LogP contribution in [0.3, 0.4) is 0 Å². The van der Waals surface area contributed by atoms with Crippen LogP contribution in [0.4, 0.5) is 22.2 Å². The number of rotatable bonds is 6. The van der Waals surface area contributed by atoms with E-state index < -0.39 is 11.7 Å². The zero-order valence-electron chi connectivity index (χ0n) is 21.9. The lowest BCUT2D eigenvalue weighted by atomic mass is 9.87. The predicted octanol–water partition coefficient (Wildman–Crippen LogP) is 5.21. The summed E-state index contributed by atoms with van der Waals surface area (Å²) >= 11 is 0. The minimum Gasteiger partial charge on any atom is -0.495 e. The summed E-state index contributed by atoms with van der Waals surface area (Å²) in [5.41, 5.74) is 2.69. The first-order valence-corrected chi connectivity index (χ1v) is 12.3. The van der Waals surface area contributed by atoms with Gasteiger partial charge in [-0.2, -0.15) is 4.98 Å². The molecule has 1 unspecified atom stereocenters. The zero-order chi connectivity index (χ0) is 26.6. The molecule has 0 saturated carbocycles. The van der Waals surface area contributed by atoms with E-state index in [4.69, 9.17) is 9.47 Å². The third-order valence-electron chi connectivity index (χ3n) is 6.12. The van der Waals surface area contributed by atoms with Crippen molar-refractivity contribution in [3.8, 4) is 5.75 Å². The lowest BCUT2D eigenvalue weighted by molar-refractivity contribution is 0.0632. The molecule has 1 heterocycles. The van der Waals surface area contributed by atoms with Crippen LogP contribution in [0.25, 0.3) is 0 Å². The fourth-order valence-corrected chi connectivity index (χ4v) is 4.31. The van der Waals surface area contributed by atoms with E-state index >= 15 is 0 Å². The van der Waals surface area contributed by atoms with Crippen LogP contribution in [0.1, 0.15) is 48.8 Å². The number of anilines is 3. The van der Waals surface area contributed by atoms with E-state index in [0.717, 1.165) is 19.3 Å². The Kier molecular flexibility index (Phi) is 7.61. The fraction of sp³-hybridized carbons (Fsp3) is 0.357. The van der Waals surface area contributed by atoms with Crippen LogP contribution in [0.5, 0.6) is 5.75 Å². The average molecular weight is 504 g/mol. The van der Waals surface area contributed by atoms with Crippen LogP contribution in [0.15, 0.2) is 54.6 Å². The number of likely N-dealkylation sites (N-methyl/N-ethyl adjacent to an activating group) is 1. The molecule has 194 valence electrons. The molecule has 0 radical (unpaired) electrons. The molecule has 2 N–H and O–H groups in total. The number of hydrogen-bond acceptors (Lipinski definition) is 7. The normalized spacial score (nSPS) is 14.8. The van der Waals surface area contributed by atoms with Gasteiger partial charge in [0.1, 0.15) is 22.9 Å². The van der Waals surface area contributed by atoms with Crippen LogP contribution in [-0.2, 0) is 17.6 Å². The number of benzene rings is 2. The van der Waals surface area contributed by atoms with Gasteiger partial charge in [0, 0.05) is 19.2 Å². The van der Waals surface area contributed by atoms with Crippen molar-refractivity contribution < 1.29 is 19.1 Å². The number of para-hydroxylation sites is 2. The van der Waals surface area contributed by atoms with E-state index in [2.05, 4.69) is 32.7 Å². The minimum atomic E-state index is -0.711. The van der Waals surface area contributed by atoms with Gasteiger partial charge in [-0.05, 0) is 63.3 Å². The number of carbonyl (C=O) groups excluding carboxylic acids is 2. The Bertz CT molecular complexity index is 1290. The molecule has 1 atom stereocenters. The number of carbonyl (C=O) groups is 2. The number of ether oxygens (including phenoxy) is 2. The third-order valence-corrected chi connectivity index (χ3v) is 6.12. The maximum atomic E-state index is 13.6. The second-order valence-corrected chi connectivity index (χ2v) is 10.00. The Labute approximate surface area is 217 Å². The molecule has 0 aliphatic heterocycles. The summed E-state index contributed by atoms with van der Waals surface area (Å²) in [5, 5.41) is 5.73. The molecule has 0 fully saturated rings. The van der Waals surface area contributed by atoms with E-state index in [1.54, 1.807) is 45.9 Å². The first-order chi connectivity index (χ1) is 17.6. The molecule has 4 rings (SSSR count). The van der Waals surface area contributed by atoms with Gasteiger partial charge in [-0.25, -0.2) is 9.78 Å². The van der Waals surface area contributed by atoms with Gasteiger partial charge in [0.2, 0.25) is 5.95 Å². The summed E-state index contributed by atoms with van der Waals surface area (Å²) in [6, 6.07) is 17.3. The van der Waals surface area contributed by atoms with Crippen molar-refractivity contribution in [2.45, 2.75) is 51.7 Å². The first-order valence-electron chi connectivity index (χ1n) is 12.3. The highest BCUT2D eigenvalue weighted by Crippen LogP contribution is 2.28. The molecule has 9 heteroatoms. The van der Waals surface area contributed by atoms with Gasteiger partial charge in [0.25, 0.3) is 5.91 Å². The standard InChI is InChI=1S/C28H33N5O4/c1-28(2,3)37-27(35)32-26-30-22(17-24(31-26)29-21-12-8-9-13-23(21)36-5)25(34)33(4)20-15-14-18-10-6-7-11-19(18)16-20/h6-13,17,20H,14-16H2,1-5H3,(H2,29,30,31,32,35). The molecule has 1 aromatic heterocycles. The molecule has 9 nitrogen and oxygen atoms in total. The highest BCUT2D eigenvalue weighted by atomic mass is 16.6. The summed E-state index contributed by atoms with van der Waals surface area (Å²) in [4.78, 5) is 36.5. The quantitative estimate of drug-likeness (QED) is 0.476. The summed E-state index contributed by atoms with van der Waals surface area (Å²) in [6.07, 6.45) is 1.84. The number of amides is 2. The van der Waals surface area contributed by atoms with Crippen LogP contribution >= 0.6 is 0 Å². The second kappa shape index (κ2) is 10.9. The number of aromatic nitrogens is 2. The van der Waals surface area contributed by atoms with E-state index in [-0.39, 0.29) is 23.6 Å². The zero-order valence-corrected chi connectivity index (χ0v) is 21.9. The van der Waals surface area contributed by atoms with E-state index in [9.17, 15) is 9.59 Å². The Morgan fingerprint density at radius 3 is 2.46 bits per heavy atom. The van der Waals surface area contributed by atoms with Gasteiger partial charge in [-0.1, -0.05) is 36.4 Å². The molecule has 0 saturated heterocycles. The third kappa shape index (κ3) is 6.55. The van der Waals surface area contributed by atoms with Crippen LogP contribution in [-0.4, -0.2) is 52.7 Å². The molecular weight excluding hydrogens is 470 g/mol. The van der Waals surface area contributed by atoms with Gasteiger partial charge in [0.15, 0.2) is 0 Å². The Balaban J connectivity index is 1.62. The van der Waals surface area contributed by atoms with Crippen LogP contribution in [0.2, 0.25) is 0 Å². The molecule has 0 bridgehead atoms. The van der Waals surface area contributed by atoms with Gasteiger partial charge in [-0.3, -0.25) is 10.1 Å². The molecule has 2 aromatic carbocycles. The maximum absolute atomic E-state index is 13.6. The van der Waals surface area contributed by atoms with Gasteiger partial charge < -0.3 is 19.7 Å². The number of aryl methyl sites for hydroxylation is 1. The van der Waals surface area contributed by atoms with Crippen LogP contribution < -0.4 is 15.4 Å². The van der Waals surface area contributed by atoms with Gasteiger partial charge in [0.05, 0.1) is 12.8 Å². The smallest absolute Gasteiger partial charge is 0.414 e. The average Bonchev–Trinajstić information content (AvgIpc) is 2.86. The van der Waals surface area contributed by atoms with Crippen molar-refractivity contribution in [2.24, 2.45) is 0 Å².